The molecule has 1 amide bonds. The summed E-state index contributed by atoms with van der Waals surface area (Å²) < 4.78 is 0. The van der Waals surface area contributed by atoms with E-state index < -0.39 is 0 Å². The van der Waals surface area contributed by atoms with Crippen LogP contribution in [0.1, 0.15) is 16.6 Å². The van der Waals surface area contributed by atoms with E-state index >= 15 is 0 Å². The molecule has 1 atom stereocenters. The first-order valence-electron chi connectivity index (χ1n) is 6.16. The lowest BCUT2D eigenvalue weighted by Gasteiger charge is -2.23. The van der Waals surface area contributed by atoms with E-state index in [1.54, 1.807) is 11.9 Å². The molecule has 1 aromatic carbocycles. The van der Waals surface area contributed by atoms with E-state index in [9.17, 15) is 4.79 Å². The van der Waals surface area contributed by atoms with Crippen LogP contribution in [-0.4, -0.2) is 35.6 Å². The van der Waals surface area contributed by atoms with Crippen molar-refractivity contribution in [2.45, 2.75) is 13.0 Å². The van der Waals surface area contributed by atoms with Crippen molar-refractivity contribution in [1.82, 2.24) is 4.90 Å². The Morgan fingerprint density at radius 1 is 1.32 bits per heavy atom. The molecule has 1 unspecified atom stereocenters. The Labute approximate surface area is 117 Å². The van der Waals surface area contributed by atoms with Gasteiger partial charge in [-0.1, -0.05) is 30.3 Å². The van der Waals surface area contributed by atoms with E-state index in [2.05, 4.69) is 0 Å². The van der Waals surface area contributed by atoms with Crippen LogP contribution in [0.5, 0.6) is 0 Å². The lowest BCUT2D eigenvalue weighted by atomic mass is 10.1. The second-order valence-electron chi connectivity index (χ2n) is 4.48. The molecule has 0 radical (unpaired) electrons. The number of carbonyl (C=O) groups is 1. The Hall–Kier alpha value is -1.65. The van der Waals surface area contributed by atoms with Gasteiger partial charge in [-0.25, -0.2) is 0 Å². The average Bonchev–Trinajstić information content (AvgIpc) is 2.95. The van der Waals surface area contributed by atoms with Crippen molar-refractivity contribution in [3.05, 3.63) is 46.7 Å². The highest BCUT2D eigenvalue weighted by atomic mass is 32.1. The van der Waals surface area contributed by atoms with Crippen molar-refractivity contribution >= 4 is 17.2 Å². The molecular formula is C15H17NO2S. The molecule has 19 heavy (non-hydrogen) atoms. The Morgan fingerprint density at radius 3 is 2.63 bits per heavy atom. The van der Waals surface area contributed by atoms with Gasteiger partial charge >= 0.3 is 0 Å². The number of hydrogen-bond acceptors (Lipinski definition) is 3. The zero-order chi connectivity index (χ0) is 13.8. The van der Waals surface area contributed by atoms with Crippen LogP contribution in [0.3, 0.4) is 0 Å². The summed E-state index contributed by atoms with van der Waals surface area (Å²) in [4.78, 5) is 14.7. The lowest BCUT2D eigenvalue weighted by molar-refractivity contribution is 0.0687. The topological polar surface area (TPSA) is 40.5 Å². The highest BCUT2D eigenvalue weighted by Gasteiger charge is 2.21. The summed E-state index contributed by atoms with van der Waals surface area (Å²) in [5, 5.41) is 11.1. The third-order valence-corrected chi connectivity index (χ3v) is 4.09. The monoisotopic (exact) mass is 275 g/mol. The standard InChI is InChI=1S/C15H17NO2S/c1-11(10-17)16(2)15(18)14-13(8-9-19-14)12-6-4-3-5-7-12/h3-9,11,17H,10H2,1-2H3. The molecule has 4 heteroatoms. The quantitative estimate of drug-likeness (QED) is 0.932. The van der Waals surface area contributed by atoms with Gasteiger partial charge in [0.2, 0.25) is 0 Å². The Balaban J connectivity index is 2.33. The van der Waals surface area contributed by atoms with Gasteiger partial charge in [-0.05, 0) is 23.9 Å². The maximum Gasteiger partial charge on any atom is 0.264 e. The molecule has 0 fully saturated rings. The SMILES string of the molecule is CC(CO)N(C)C(=O)c1sccc1-c1ccccc1. The van der Waals surface area contributed by atoms with E-state index in [0.717, 1.165) is 11.1 Å². The van der Waals surface area contributed by atoms with Gasteiger partial charge in [0.25, 0.3) is 5.91 Å². The molecule has 0 spiro atoms. The molecule has 0 aliphatic carbocycles. The minimum Gasteiger partial charge on any atom is -0.394 e. The summed E-state index contributed by atoms with van der Waals surface area (Å²) in [6.45, 7) is 1.79. The largest absolute Gasteiger partial charge is 0.394 e. The molecule has 0 aliphatic rings. The number of thiophene rings is 1. The van der Waals surface area contributed by atoms with Crippen LogP contribution in [0.2, 0.25) is 0 Å². The Bertz CT molecular complexity index is 550. The second-order valence-corrected chi connectivity index (χ2v) is 5.39. The van der Waals surface area contributed by atoms with Gasteiger partial charge in [0.15, 0.2) is 0 Å². The van der Waals surface area contributed by atoms with Crippen LogP contribution in [0.25, 0.3) is 11.1 Å². The number of aliphatic hydroxyl groups is 1. The molecule has 0 bridgehead atoms. The van der Waals surface area contributed by atoms with E-state index in [1.807, 2.05) is 48.7 Å². The van der Waals surface area contributed by atoms with E-state index in [-0.39, 0.29) is 18.6 Å². The van der Waals surface area contributed by atoms with Crippen LogP contribution in [0, 0.1) is 0 Å². The van der Waals surface area contributed by atoms with Crippen LogP contribution >= 0.6 is 11.3 Å². The predicted octanol–water partition coefficient (Wildman–Crippen LogP) is 2.87. The molecule has 0 saturated heterocycles. The highest BCUT2D eigenvalue weighted by molar-refractivity contribution is 7.12. The molecule has 1 N–H and O–H groups in total. The molecule has 100 valence electrons. The third-order valence-electron chi connectivity index (χ3n) is 3.19. The second kappa shape index (κ2) is 5.99. The third kappa shape index (κ3) is 2.85. The van der Waals surface area contributed by atoms with E-state index in [4.69, 9.17) is 5.11 Å². The first-order valence-corrected chi connectivity index (χ1v) is 7.04. The molecule has 2 rings (SSSR count). The molecular weight excluding hydrogens is 258 g/mol. The van der Waals surface area contributed by atoms with Crippen LogP contribution in [0.15, 0.2) is 41.8 Å². The minimum atomic E-state index is -0.182. The van der Waals surface area contributed by atoms with Crippen molar-refractivity contribution in [3.63, 3.8) is 0 Å². The van der Waals surface area contributed by atoms with Crippen molar-refractivity contribution in [2.75, 3.05) is 13.7 Å². The zero-order valence-electron chi connectivity index (χ0n) is 11.0. The first-order chi connectivity index (χ1) is 9.15. The van der Waals surface area contributed by atoms with Gasteiger partial charge in [0, 0.05) is 12.6 Å². The molecule has 0 aliphatic heterocycles. The fourth-order valence-electron chi connectivity index (χ4n) is 1.80. The fourth-order valence-corrected chi connectivity index (χ4v) is 2.70. The van der Waals surface area contributed by atoms with Gasteiger partial charge in [-0.3, -0.25) is 4.79 Å². The van der Waals surface area contributed by atoms with Crippen LogP contribution in [0.4, 0.5) is 0 Å². The number of nitrogens with zero attached hydrogens (tertiary/aromatic N) is 1. The first kappa shape index (κ1) is 13.8. The number of amides is 1. The number of carbonyl (C=O) groups excluding carboxylic acids is 1. The summed E-state index contributed by atoms with van der Waals surface area (Å²) in [6.07, 6.45) is 0. The summed E-state index contributed by atoms with van der Waals surface area (Å²) in [7, 11) is 1.72. The van der Waals surface area contributed by atoms with Crippen molar-refractivity contribution in [1.29, 1.82) is 0 Å². The molecule has 3 nitrogen and oxygen atoms in total. The van der Waals surface area contributed by atoms with Crippen molar-refractivity contribution in [2.24, 2.45) is 0 Å². The summed E-state index contributed by atoms with van der Waals surface area (Å²) >= 11 is 1.44. The summed E-state index contributed by atoms with van der Waals surface area (Å²) in [5.74, 6) is -0.0459. The molecule has 0 saturated carbocycles. The zero-order valence-corrected chi connectivity index (χ0v) is 11.9. The average molecular weight is 275 g/mol. The number of hydrogen-bond donors (Lipinski definition) is 1. The van der Waals surface area contributed by atoms with Gasteiger partial charge in [-0.15, -0.1) is 11.3 Å². The van der Waals surface area contributed by atoms with Crippen LogP contribution < -0.4 is 0 Å². The number of likely N-dealkylation sites (N-methyl/N-ethyl adjacent to an activating group) is 1. The van der Waals surface area contributed by atoms with E-state index in [1.165, 1.54) is 11.3 Å². The van der Waals surface area contributed by atoms with Gasteiger partial charge in [-0.2, -0.15) is 0 Å². The minimum absolute atomic E-state index is 0.0334. The molecule has 1 aromatic heterocycles. The van der Waals surface area contributed by atoms with Gasteiger partial charge in [0.1, 0.15) is 0 Å². The Morgan fingerprint density at radius 2 is 2.00 bits per heavy atom. The number of benzene rings is 1. The summed E-state index contributed by atoms with van der Waals surface area (Å²) in [5.41, 5.74) is 1.99. The normalized spacial score (nSPS) is 12.2. The van der Waals surface area contributed by atoms with Crippen molar-refractivity contribution < 1.29 is 9.90 Å². The number of rotatable bonds is 4. The van der Waals surface area contributed by atoms with E-state index in [0.29, 0.717) is 4.88 Å². The maximum atomic E-state index is 12.4. The van der Waals surface area contributed by atoms with Gasteiger partial charge < -0.3 is 10.0 Å². The smallest absolute Gasteiger partial charge is 0.264 e. The molecule has 2 aromatic rings. The maximum absolute atomic E-state index is 12.4. The number of aliphatic hydroxyl groups excluding tert-OH is 1. The lowest BCUT2D eigenvalue weighted by Crippen LogP contribution is -2.37. The van der Waals surface area contributed by atoms with Crippen LogP contribution in [-0.2, 0) is 0 Å². The van der Waals surface area contributed by atoms with Gasteiger partial charge in [0.05, 0.1) is 17.5 Å². The highest BCUT2D eigenvalue weighted by Crippen LogP contribution is 2.29. The predicted molar refractivity (Wildman–Crippen MR) is 78.4 cm³/mol. The fraction of sp³-hybridized carbons (Fsp3) is 0.267. The van der Waals surface area contributed by atoms with Crippen molar-refractivity contribution in [3.8, 4) is 11.1 Å². The Kier molecular flexibility index (Phi) is 4.35. The molecule has 1 heterocycles. The summed E-state index contributed by atoms with van der Waals surface area (Å²) in [6, 6.07) is 11.6.